The van der Waals surface area contributed by atoms with Crippen LogP contribution in [0.5, 0.6) is 0 Å². The van der Waals surface area contributed by atoms with Crippen LogP contribution in [0.1, 0.15) is 11.3 Å². The molecule has 4 aromatic rings. The van der Waals surface area contributed by atoms with E-state index in [-0.39, 0.29) is 5.82 Å². The number of fused-ring (bicyclic) bond motifs is 3. The lowest BCUT2D eigenvalue weighted by Gasteiger charge is -2.03. The van der Waals surface area contributed by atoms with Crippen molar-refractivity contribution in [1.82, 2.24) is 10.2 Å². The summed E-state index contributed by atoms with van der Waals surface area (Å²) >= 11 is 0. The van der Waals surface area contributed by atoms with Gasteiger partial charge in [0.25, 0.3) is 0 Å². The zero-order valence-corrected chi connectivity index (χ0v) is 11.3. The lowest BCUT2D eigenvalue weighted by molar-refractivity contribution is 0.638. The van der Waals surface area contributed by atoms with Crippen molar-refractivity contribution >= 4 is 21.7 Å². The molecular formula is C18H13FN2. The third-order valence-electron chi connectivity index (χ3n) is 3.80. The van der Waals surface area contributed by atoms with Gasteiger partial charge in [-0.25, -0.2) is 4.39 Å². The van der Waals surface area contributed by atoms with Gasteiger partial charge >= 0.3 is 0 Å². The van der Waals surface area contributed by atoms with Crippen LogP contribution in [0.25, 0.3) is 21.7 Å². The molecule has 21 heavy (non-hydrogen) atoms. The number of aromatic nitrogens is 2. The van der Waals surface area contributed by atoms with Crippen LogP contribution in [-0.2, 0) is 6.42 Å². The number of aromatic amines is 1. The summed E-state index contributed by atoms with van der Waals surface area (Å²) in [4.78, 5) is 0. The Morgan fingerprint density at radius 2 is 1.71 bits per heavy atom. The Kier molecular flexibility index (Phi) is 2.71. The molecule has 2 nitrogen and oxygen atoms in total. The van der Waals surface area contributed by atoms with Crippen LogP contribution in [0.15, 0.2) is 60.7 Å². The summed E-state index contributed by atoms with van der Waals surface area (Å²) in [5.74, 6) is -0.278. The molecule has 0 aliphatic carbocycles. The van der Waals surface area contributed by atoms with Gasteiger partial charge in [0.2, 0.25) is 0 Å². The normalized spacial score (nSPS) is 11.3. The molecule has 4 rings (SSSR count). The number of benzene rings is 3. The second-order valence-corrected chi connectivity index (χ2v) is 5.17. The predicted octanol–water partition coefficient (Wildman–Crippen LogP) is 4.45. The van der Waals surface area contributed by atoms with Crippen LogP contribution in [0.3, 0.4) is 0 Å². The zero-order chi connectivity index (χ0) is 14.2. The van der Waals surface area contributed by atoms with E-state index in [0.29, 0.717) is 11.9 Å². The van der Waals surface area contributed by atoms with Gasteiger partial charge in [0.15, 0.2) is 5.82 Å². The molecule has 0 bridgehead atoms. The van der Waals surface area contributed by atoms with E-state index in [2.05, 4.69) is 22.3 Å². The van der Waals surface area contributed by atoms with Gasteiger partial charge in [-0.15, -0.1) is 0 Å². The van der Waals surface area contributed by atoms with Crippen molar-refractivity contribution < 1.29 is 4.39 Å². The SMILES string of the molecule is Fc1cc2ccccc2c2c(Cc3ccccc3)[nH]nc12. The Morgan fingerprint density at radius 3 is 2.57 bits per heavy atom. The predicted molar refractivity (Wildman–Crippen MR) is 82.8 cm³/mol. The zero-order valence-electron chi connectivity index (χ0n) is 11.3. The summed E-state index contributed by atoms with van der Waals surface area (Å²) in [6.45, 7) is 0. The third kappa shape index (κ3) is 1.98. The molecule has 0 aliphatic heterocycles. The maximum absolute atomic E-state index is 14.2. The maximum atomic E-state index is 14.2. The first-order valence-corrected chi connectivity index (χ1v) is 6.91. The molecule has 0 saturated carbocycles. The monoisotopic (exact) mass is 276 g/mol. The van der Waals surface area contributed by atoms with Crippen molar-refractivity contribution in [3.05, 3.63) is 77.7 Å². The third-order valence-corrected chi connectivity index (χ3v) is 3.80. The van der Waals surface area contributed by atoms with E-state index in [1.807, 2.05) is 42.5 Å². The summed E-state index contributed by atoms with van der Waals surface area (Å²) in [5, 5.41) is 9.99. The average molecular weight is 276 g/mol. The average Bonchev–Trinajstić information content (AvgIpc) is 2.93. The molecule has 3 aromatic carbocycles. The fourth-order valence-electron chi connectivity index (χ4n) is 2.82. The first kappa shape index (κ1) is 12.1. The van der Waals surface area contributed by atoms with Gasteiger partial charge in [0.05, 0.1) is 0 Å². The maximum Gasteiger partial charge on any atom is 0.151 e. The van der Waals surface area contributed by atoms with Crippen LogP contribution in [0.2, 0.25) is 0 Å². The van der Waals surface area contributed by atoms with Crippen LogP contribution in [0.4, 0.5) is 4.39 Å². The van der Waals surface area contributed by atoms with E-state index >= 15 is 0 Å². The minimum absolute atomic E-state index is 0.278. The van der Waals surface area contributed by atoms with Crippen molar-refractivity contribution in [2.45, 2.75) is 6.42 Å². The molecule has 0 atom stereocenters. The van der Waals surface area contributed by atoms with Crippen LogP contribution >= 0.6 is 0 Å². The molecule has 102 valence electrons. The number of halogens is 1. The van der Waals surface area contributed by atoms with Gasteiger partial charge in [-0.2, -0.15) is 5.10 Å². The van der Waals surface area contributed by atoms with Gasteiger partial charge in [0, 0.05) is 17.5 Å². The summed E-state index contributed by atoms with van der Waals surface area (Å²) in [6.07, 6.45) is 0.713. The van der Waals surface area contributed by atoms with E-state index < -0.39 is 0 Å². The van der Waals surface area contributed by atoms with Gasteiger partial charge in [-0.1, -0.05) is 54.6 Å². The molecular weight excluding hydrogens is 263 g/mol. The highest BCUT2D eigenvalue weighted by atomic mass is 19.1. The molecule has 1 aromatic heterocycles. The highest BCUT2D eigenvalue weighted by Crippen LogP contribution is 2.30. The Labute approximate surface area is 121 Å². The van der Waals surface area contributed by atoms with Crippen molar-refractivity contribution in [2.75, 3.05) is 0 Å². The fraction of sp³-hybridized carbons (Fsp3) is 0.0556. The summed E-state index contributed by atoms with van der Waals surface area (Å²) in [5.41, 5.74) is 2.54. The first-order chi connectivity index (χ1) is 10.3. The Balaban J connectivity index is 1.98. The van der Waals surface area contributed by atoms with Crippen molar-refractivity contribution in [2.24, 2.45) is 0 Å². The summed E-state index contributed by atoms with van der Waals surface area (Å²) in [6, 6.07) is 19.5. The highest BCUT2D eigenvalue weighted by Gasteiger charge is 2.13. The molecule has 0 saturated heterocycles. The van der Waals surface area contributed by atoms with E-state index in [9.17, 15) is 4.39 Å². The van der Waals surface area contributed by atoms with E-state index in [1.165, 1.54) is 5.56 Å². The Bertz CT molecular complexity index is 926. The molecule has 1 heterocycles. The van der Waals surface area contributed by atoms with Crippen molar-refractivity contribution in [3.8, 4) is 0 Å². The smallest absolute Gasteiger partial charge is 0.151 e. The lowest BCUT2D eigenvalue weighted by atomic mass is 10.0. The molecule has 0 spiro atoms. The molecule has 3 heteroatoms. The fourth-order valence-corrected chi connectivity index (χ4v) is 2.82. The summed E-state index contributed by atoms with van der Waals surface area (Å²) < 4.78 is 14.2. The molecule has 0 radical (unpaired) electrons. The minimum atomic E-state index is -0.278. The number of rotatable bonds is 2. The number of hydrogen-bond acceptors (Lipinski definition) is 1. The number of nitrogens with one attached hydrogen (secondary N) is 1. The molecule has 0 unspecified atom stereocenters. The van der Waals surface area contributed by atoms with Crippen LogP contribution in [0, 0.1) is 5.82 Å². The summed E-state index contributed by atoms with van der Waals surface area (Å²) in [7, 11) is 0. The molecule has 0 amide bonds. The van der Waals surface area contributed by atoms with Gasteiger partial charge in [0.1, 0.15) is 5.52 Å². The van der Waals surface area contributed by atoms with E-state index in [0.717, 1.165) is 21.9 Å². The largest absolute Gasteiger partial charge is 0.281 e. The molecule has 0 aliphatic rings. The van der Waals surface area contributed by atoms with Crippen LogP contribution < -0.4 is 0 Å². The quantitative estimate of drug-likeness (QED) is 0.576. The number of hydrogen-bond donors (Lipinski definition) is 1. The first-order valence-electron chi connectivity index (χ1n) is 6.91. The number of H-pyrrole nitrogens is 1. The minimum Gasteiger partial charge on any atom is -0.281 e. The van der Waals surface area contributed by atoms with Gasteiger partial charge in [-0.05, 0) is 22.4 Å². The number of nitrogens with zero attached hydrogens (tertiary/aromatic N) is 1. The standard InChI is InChI=1S/C18H13FN2/c19-15-11-13-8-4-5-9-14(13)17-16(20-21-18(15)17)10-12-6-2-1-3-7-12/h1-9,11H,10H2,(H,20,21). The van der Waals surface area contributed by atoms with Gasteiger partial charge < -0.3 is 0 Å². The van der Waals surface area contributed by atoms with Crippen LogP contribution in [-0.4, -0.2) is 10.2 Å². The van der Waals surface area contributed by atoms with Crippen molar-refractivity contribution in [3.63, 3.8) is 0 Å². The molecule has 1 N–H and O–H groups in total. The van der Waals surface area contributed by atoms with Crippen molar-refractivity contribution in [1.29, 1.82) is 0 Å². The van der Waals surface area contributed by atoms with Gasteiger partial charge in [-0.3, -0.25) is 5.10 Å². The topological polar surface area (TPSA) is 28.7 Å². The second-order valence-electron chi connectivity index (χ2n) is 5.17. The highest BCUT2D eigenvalue weighted by molar-refractivity contribution is 6.07. The van der Waals surface area contributed by atoms with E-state index in [4.69, 9.17) is 0 Å². The lowest BCUT2D eigenvalue weighted by Crippen LogP contribution is -1.89. The second kappa shape index (κ2) is 4.70. The molecule has 0 fully saturated rings. The Hall–Kier alpha value is -2.68. The van der Waals surface area contributed by atoms with E-state index in [1.54, 1.807) is 6.07 Å². The Morgan fingerprint density at radius 1 is 0.952 bits per heavy atom.